The van der Waals surface area contributed by atoms with Crippen LogP contribution in [0.1, 0.15) is 31.0 Å². The number of carbonyl (C=O) groups excluding carboxylic acids is 1. The van der Waals surface area contributed by atoms with Crippen LogP contribution in [0.5, 0.6) is 0 Å². The number of thioether (sulfide) groups is 1. The average Bonchev–Trinajstić information content (AvgIpc) is 3.14. The van der Waals surface area contributed by atoms with Crippen molar-refractivity contribution in [1.29, 1.82) is 0 Å². The standard InChI is InChI=1S/C15H24N4O4S2/c1-18-14(12-4-10-25(21,22)11-12)16-17-15(18)24-9-2-3-13(20)19-5-7-23-8-6-19/h12H,2-11H2,1H3/t12-/m1/s1. The summed E-state index contributed by atoms with van der Waals surface area (Å²) in [5.74, 6) is 2.05. The van der Waals surface area contributed by atoms with Gasteiger partial charge >= 0.3 is 0 Å². The summed E-state index contributed by atoms with van der Waals surface area (Å²) < 4.78 is 30.4. The lowest BCUT2D eigenvalue weighted by Crippen LogP contribution is -2.40. The fourth-order valence-corrected chi connectivity index (χ4v) is 5.76. The molecular formula is C15H24N4O4S2. The Morgan fingerprint density at radius 2 is 2.08 bits per heavy atom. The van der Waals surface area contributed by atoms with Gasteiger partial charge in [-0.2, -0.15) is 0 Å². The Hall–Kier alpha value is -1.13. The summed E-state index contributed by atoms with van der Waals surface area (Å²) >= 11 is 1.56. The third-order valence-corrected chi connectivity index (χ3v) is 7.47. The maximum Gasteiger partial charge on any atom is 0.222 e. The van der Waals surface area contributed by atoms with Crippen LogP contribution in [-0.2, 0) is 26.4 Å². The van der Waals surface area contributed by atoms with Gasteiger partial charge in [0.15, 0.2) is 15.0 Å². The molecule has 1 aromatic heterocycles. The second-order valence-electron chi connectivity index (χ2n) is 6.44. The number of amides is 1. The Morgan fingerprint density at radius 3 is 2.76 bits per heavy atom. The normalized spacial score (nSPS) is 23.1. The highest BCUT2D eigenvalue weighted by molar-refractivity contribution is 7.99. The van der Waals surface area contributed by atoms with Crippen LogP contribution < -0.4 is 0 Å². The zero-order valence-corrected chi connectivity index (χ0v) is 16.0. The number of morpholine rings is 1. The van der Waals surface area contributed by atoms with E-state index in [-0.39, 0.29) is 23.3 Å². The van der Waals surface area contributed by atoms with Gasteiger partial charge in [-0.15, -0.1) is 10.2 Å². The number of nitrogens with zero attached hydrogens (tertiary/aromatic N) is 4. The minimum absolute atomic E-state index is 0.0558. The van der Waals surface area contributed by atoms with Crippen LogP contribution >= 0.6 is 11.8 Å². The van der Waals surface area contributed by atoms with Crippen LogP contribution in [0.3, 0.4) is 0 Å². The SMILES string of the molecule is Cn1c(SCCCC(=O)N2CCOCC2)nnc1[C@@H]1CCS(=O)(=O)C1. The Morgan fingerprint density at radius 1 is 1.32 bits per heavy atom. The second kappa shape index (κ2) is 8.05. The van der Waals surface area contributed by atoms with E-state index < -0.39 is 9.84 Å². The molecule has 140 valence electrons. The fourth-order valence-electron chi connectivity index (χ4n) is 3.16. The van der Waals surface area contributed by atoms with E-state index >= 15 is 0 Å². The van der Waals surface area contributed by atoms with E-state index in [1.807, 2.05) is 16.5 Å². The first-order chi connectivity index (χ1) is 12.0. The highest BCUT2D eigenvalue weighted by atomic mass is 32.2. The number of hydrogen-bond donors (Lipinski definition) is 0. The first kappa shape index (κ1) is 18.7. The summed E-state index contributed by atoms with van der Waals surface area (Å²) in [6, 6.07) is 0. The molecule has 1 amide bonds. The zero-order chi connectivity index (χ0) is 17.9. The van der Waals surface area contributed by atoms with Crippen LogP contribution in [0.4, 0.5) is 0 Å². The minimum atomic E-state index is -2.93. The summed E-state index contributed by atoms with van der Waals surface area (Å²) in [7, 11) is -1.05. The molecule has 0 radical (unpaired) electrons. The summed E-state index contributed by atoms with van der Waals surface area (Å²) in [6.07, 6.45) is 1.92. The molecule has 10 heteroatoms. The molecule has 1 atom stereocenters. The van der Waals surface area contributed by atoms with Crippen molar-refractivity contribution in [3.8, 4) is 0 Å². The number of hydrogen-bond acceptors (Lipinski definition) is 7. The third kappa shape index (κ3) is 4.73. The summed E-state index contributed by atoms with van der Waals surface area (Å²) in [5, 5.41) is 9.15. The van der Waals surface area contributed by atoms with E-state index in [1.165, 1.54) is 0 Å². The van der Waals surface area contributed by atoms with Gasteiger partial charge in [-0.05, 0) is 12.8 Å². The monoisotopic (exact) mass is 388 g/mol. The smallest absolute Gasteiger partial charge is 0.222 e. The second-order valence-corrected chi connectivity index (χ2v) is 9.74. The molecule has 25 heavy (non-hydrogen) atoms. The van der Waals surface area contributed by atoms with Crippen molar-refractivity contribution in [1.82, 2.24) is 19.7 Å². The molecule has 0 aromatic carbocycles. The van der Waals surface area contributed by atoms with Crippen molar-refractivity contribution in [2.24, 2.45) is 7.05 Å². The predicted octanol–water partition coefficient (Wildman–Crippen LogP) is 0.448. The summed E-state index contributed by atoms with van der Waals surface area (Å²) in [5.41, 5.74) is 0. The molecule has 2 aliphatic rings. The van der Waals surface area contributed by atoms with Crippen molar-refractivity contribution >= 4 is 27.5 Å². The van der Waals surface area contributed by atoms with Gasteiger partial charge in [0, 0.05) is 38.2 Å². The van der Waals surface area contributed by atoms with E-state index in [2.05, 4.69) is 10.2 Å². The molecule has 2 saturated heterocycles. The minimum Gasteiger partial charge on any atom is -0.378 e. The number of ether oxygens (including phenoxy) is 1. The van der Waals surface area contributed by atoms with Crippen molar-refractivity contribution in [3.05, 3.63) is 5.82 Å². The lowest BCUT2D eigenvalue weighted by Gasteiger charge is -2.26. The Balaban J connectivity index is 1.45. The van der Waals surface area contributed by atoms with Crippen LogP contribution in [0, 0.1) is 0 Å². The molecule has 8 nitrogen and oxygen atoms in total. The van der Waals surface area contributed by atoms with Crippen molar-refractivity contribution < 1.29 is 17.9 Å². The summed E-state index contributed by atoms with van der Waals surface area (Å²) in [4.78, 5) is 13.9. The molecule has 0 bridgehead atoms. The van der Waals surface area contributed by atoms with Gasteiger partial charge in [0.2, 0.25) is 5.91 Å². The number of rotatable bonds is 6. The zero-order valence-electron chi connectivity index (χ0n) is 14.4. The predicted molar refractivity (Wildman–Crippen MR) is 94.4 cm³/mol. The van der Waals surface area contributed by atoms with Gasteiger partial charge < -0.3 is 14.2 Å². The molecule has 1 aromatic rings. The van der Waals surface area contributed by atoms with Crippen LogP contribution in [0.15, 0.2) is 5.16 Å². The third-order valence-electron chi connectivity index (χ3n) is 4.60. The average molecular weight is 389 g/mol. The topological polar surface area (TPSA) is 94.4 Å². The van der Waals surface area contributed by atoms with Crippen molar-refractivity contribution in [2.75, 3.05) is 43.6 Å². The number of carbonyl (C=O) groups is 1. The van der Waals surface area contributed by atoms with Gasteiger partial charge in [0.25, 0.3) is 0 Å². The fraction of sp³-hybridized carbons (Fsp3) is 0.800. The molecule has 2 aliphatic heterocycles. The van der Waals surface area contributed by atoms with E-state index in [1.54, 1.807) is 11.8 Å². The first-order valence-corrected chi connectivity index (χ1v) is 11.3. The molecule has 3 heterocycles. The quantitative estimate of drug-likeness (QED) is 0.516. The lowest BCUT2D eigenvalue weighted by molar-refractivity contribution is -0.135. The van der Waals surface area contributed by atoms with E-state index in [9.17, 15) is 13.2 Å². The van der Waals surface area contributed by atoms with E-state index in [4.69, 9.17) is 4.74 Å². The Bertz CT molecular complexity index is 713. The molecule has 0 saturated carbocycles. The van der Waals surface area contributed by atoms with Crippen LogP contribution in [0.2, 0.25) is 0 Å². The molecule has 0 N–H and O–H groups in total. The number of aromatic nitrogens is 3. The largest absolute Gasteiger partial charge is 0.378 e. The van der Waals surface area contributed by atoms with Crippen molar-refractivity contribution in [3.63, 3.8) is 0 Å². The van der Waals surface area contributed by atoms with Gasteiger partial charge in [0.05, 0.1) is 24.7 Å². The molecule has 2 fully saturated rings. The maximum absolute atomic E-state index is 12.1. The highest BCUT2D eigenvalue weighted by Gasteiger charge is 2.32. The molecule has 3 rings (SSSR count). The highest BCUT2D eigenvalue weighted by Crippen LogP contribution is 2.29. The Labute approximate surface area is 152 Å². The Kier molecular flexibility index (Phi) is 6.00. The van der Waals surface area contributed by atoms with Gasteiger partial charge in [-0.1, -0.05) is 11.8 Å². The van der Waals surface area contributed by atoms with E-state index in [0.29, 0.717) is 39.1 Å². The van der Waals surface area contributed by atoms with Crippen LogP contribution in [-0.4, -0.2) is 77.6 Å². The van der Waals surface area contributed by atoms with Gasteiger partial charge in [-0.25, -0.2) is 8.42 Å². The van der Waals surface area contributed by atoms with Crippen LogP contribution in [0.25, 0.3) is 0 Å². The first-order valence-electron chi connectivity index (χ1n) is 8.54. The summed E-state index contributed by atoms with van der Waals surface area (Å²) in [6.45, 7) is 2.62. The van der Waals surface area contributed by atoms with E-state index in [0.717, 1.165) is 23.2 Å². The lowest BCUT2D eigenvalue weighted by atomic mass is 10.1. The number of sulfone groups is 1. The molecular weight excluding hydrogens is 364 g/mol. The van der Waals surface area contributed by atoms with Gasteiger partial charge in [-0.3, -0.25) is 4.79 Å². The van der Waals surface area contributed by atoms with Crippen molar-refractivity contribution in [2.45, 2.75) is 30.3 Å². The molecule has 0 aliphatic carbocycles. The molecule has 0 spiro atoms. The maximum atomic E-state index is 12.1. The van der Waals surface area contributed by atoms with Gasteiger partial charge in [0.1, 0.15) is 5.82 Å². The molecule has 0 unspecified atom stereocenters.